The van der Waals surface area contributed by atoms with Gasteiger partial charge in [0.1, 0.15) is 29.8 Å². The van der Waals surface area contributed by atoms with Crippen molar-refractivity contribution in [2.45, 2.75) is 88.2 Å². The van der Waals surface area contributed by atoms with Crippen LogP contribution in [-0.2, 0) is 31.4 Å². The maximum Gasteiger partial charge on any atom is 0.329 e. The van der Waals surface area contributed by atoms with Crippen LogP contribution in [0.2, 0.25) is 0 Å². The van der Waals surface area contributed by atoms with Gasteiger partial charge in [0.2, 0.25) is 15.9 Å². The minimum atomic E-state index is -3.96. The van der Waals surface area contributed by atoms with Gasteiger partial charge in [0.15, 0.2) is 5.76 Å². The third kappa shape index (κ3) is 11.4. The minimum Gasteiger partial charge on any atom is -0.486 e. The zero-order valence-corrected chi connectivity index (χ0v) is 39.6. The normalized spacial score (nSPS) is 16.6. The molecule has 2 aliphatic rings. The fourth-order valence-corrected chi connectivity index (χ4v) is 9.56. The number of H-pyrrole nitrogens is 1. The third-order valence-electron chi connectivity index (χ3n) is 11.9. The van der Waals surface area contributed by atoms with Gasteiger partial charge in [-0.2, -0.15) is 10.2 Å². The number of nitrogens with two attached hydrogens (primary N) is 1. The van der Waals surface area contributed by atoms with Crippen molar-refractivity contribution >= 4 is 52.0 Å². The highest BCUT2D eigenvalue weighted by Gasteiger charge is 2.29. The van der Waals surface area contributed by atoms with Crippen LogP contribution in [0.4, 0.5) is 4.39 Å². The first-order chi connectivity index (χ1) is 31.1. The molecule has 0 aliphatic carbocycles. The molecule has 17 nitrogen and oxygen atoms in total. The summed E-state index contributed by atoms with van der Waals surface area (Å²) >= 11 is 0. The molecule has 0 radical (unpaired) electrons. The highest BCUT2D eigenvalue weighted by atomic mass is 32.2. The Kier molecular flexibility index (Phi) is 17.3. The van der Waals surface area contributed by atoms with E-state index in [9.17, 15) is 22.8 Å². The van der Waals surface area contributed by atoms with Gasteiger partial charge < -0.3 is 25.1 Å². The molecular weight excluding hydrogens is 854 g/mol. The second-order valence-corrected chi connectivity index (χ2v) is 18.8. The first kappa shape index (κ1) is 50.2. The Morgan fingerprint density at radius 3 is 2.48 bits per heavy atom. The molecule has 2 atom stereocenters. The van der Waals surface area contributed by atoms with Gasteiger partial charge in [-0.3, -0.25) is 19.0 Å². The number of fused-ring (bicyclic) bond motifs is 1. The third-order valence-corrected chi connectivity index (χ3v) is 13.7. The van der Waals surface area contributed by atoms with E-state index in [1.54, 1.807) is 38.1 Å². The number of hydrazone groups is 1. The summed E-state index contributed by atoms with van der Waals surface area (Å²) in [5.41, 5.74) is 8.99. The smallest absolute Gasteiger partial charge is 0.329 e. The molecule has 4 heterocycles. The number of aryl methyl sites for hydroxylation is 1. The van der Waals surface area contributed by atoms with Crippen molar-refractivity contribution in [1.82, 2.24) is 38.4 Å². The Labute approximate surface area is 381 Å². The summed E-state index contributed by atoms with van der Waals surface area (Å²) in [5.74, 6) is -0.375. The highest BCUT2D eigenvalue weighted by molar-refractivity contribution is 7.89. The lowest BCUT2D eigenvalue weighted by molar-refractivity contribution is -0.129. The van der Waals surface area contributed by atoms with Crippen LogP contribution < -0.4 is 11.4 Å². The van der Waals surface area contributed by atoms with Crippen molar-refractivity contribution in [2.75, 3.05) is 54.4 Å². The number of para-hydroxylation sites is 1. The van der Waals surface area contributed by atoms with E-state index in [0.717, 1.165) is 54.9 Å². The molecule has 2 unspecified atom stereocenters. The molecule has 352 valence electrons. The maximum atomic E-state index is 15.8. The Balaban J connectivity index is 0.00000391. The molecule has 0 spiro atoms. The molecule has 1 saturated heterocycles. The predicted molar refractivity (Wildman–Crippen MR) is 252 cm³/mol. The fourth-order valence-electron chi connectivity index (χ4n) is 8.34. The van der Waals surface area contributed by atoms with Gasteiger partial charge in [-0.25, -0.2) is 31.9 Å². The number of hydrogen-bond acceptors (Lipinski definition) is 12. The van der Waals surface area contributed by atoms with E-state index in [4.69, 9.17) is 4.74 Å². The molecule has 2 aromatic carbocycles. The second kappa shape index (κ2) is 22.4. The number of sulfonamides is 1. The van der Waals surface area contributed by atoms with Crippen LogP contribution in [0.5, 0.6) is 0 Å². The number of aliphatic imine (C=N–C) groups is 1. The molecule has 0 bridgehead atoms. The van der Waals surface area contributed by atoms with Gasteiger partial charge in [0, 0.05) is 59.6 Å². The lowest BCUT2D eigenvalue weighted by Crippen LogP contribution is -2.36. The van der Waals surface area contributed by atoms with Gasteiger partial charge in [-0.05, 0) is 114 Å². The van der Waals surface area contributed by atoms with Crippen LogP contribution in [0.15, 0.2) is 86.1 Å². The number of benzene rings is 2. The maximum absolute atomic E-state index is 15.8. The molecule has 65 heavy (non-hydrogen) atoms. The number of ether oxygens (including phenoxy) is 1. The zero-order chi connectivity index (χ0) is 47.6. The summed E-state index contributed by atoms with van der Waals surface area (Å²) in [6, 6.07) is 9.15. The fraction of sp³-hybridized carbons (Fsp3) is 0.478. The molecule has 3 N–H and O–H groups in total. The average Bonchev–Trinajstić information content (AvgIpc) is 3.92. The van der Waals surface area contributed by atoms with Crippen LogP contribution in [0.3, 0.4) is 0 Å². The van der Waals surface area contributed by atoms with Crippen molar-refractivity contribution in [2.24, 2.45) is 22.9 Å². The number of nitrogens with zero attached hydrogens (tertiary/aromatic N) is 9. The van der Waals surface area contributed by atoms with Crippen LogP contribution in [0, 0.1) is 5.82 Å². The van der Waals surface area contributed by atoms with Gasteiger partial charge in [0.25, 0.3) is 0 Å². The summed E-state index contributed by atoms with van der Waals surface area (Å²) in [5, 5.41) is 12.4. The number of likely N-dealkylation sites (tertiary alicyclic amines) is 1. The summed E-state index contributed by atoms with van der Waals surface area (Å²) in [6.07, 6.45) is 10.4. The molecule has 0 saturated carbocycles. The van der Waals surface area contributed by atoms with Crippen molar-refractivity contribution in [3.8, 4) is 0 Å². The quantitative estimate of drug-likeness (QED) is 0.0907. The molecule has 19 heteroatoms. The van der Waals surface area contributed by atoms with E-state index in [0.29, 0.717) is 47.6 Å². The van der Waals surface area contributed by atoms with Gasteiger partial charge in [-0.15, -0.1) is 0 Å². The van der Waals surface area contributed by atoms with E-state index >= 15 is 4.39 Å². The molecule has 1 fully saturated rings. The Morgan fingerprint density at radius 1 is 1.14 bits per heavy atom. The van der Waals surface area contributed by atoms with E-state index in [-0.39, 0.29) is 53.8 Å². The number of carbonyl (C=O) groups is 2. The van der Waals surface area contributed by atoms with Gasteiger partial charge >= 0.3 is 5.69 Å². The number of aromatic amines is 1. The first-order valence-electron chi connectivity index (χ1n) is 21.9. The average molecular weight is 918 g/mol. The number of aromatic nitrogens is 4. The highest BCUT2D eigenvalue weighted by Crippen LogP contribution is 2.36. The topological polar surface area (TPSA) is 197 Å². The number of aldehydes is 1. The lowest BCUT2D eigenvalue weighted by atomic mass is 9.88. The van der Waals surface area contributed by atoms with Crippen LogP contribution in [0.1, 0.15) is 93.9 Å². The van der Waals surface area contributed by atoms with Crippen LogP contribution >= 0.6 is 0 Å². The molecular formula is C46H64FN11O6S. The number of amides is 1. The Hall–Kier alpha value is -5.76. The summed E-state index contributed by atoms with van der Waals surface area (Å²) < 4.78 is 53.6. The summed E-state index contributed by atoms with van der Waals surface area (Å²) in [7, 11) is 4.10. The number of imidazole rings is 1. The van der Waals surface area contributed by atoms with Gasteiger partial charge in [-0.1, -0.05) is 31.2 Å². The van der Waals surface area contributed by atoms with E-state index in [2.05, 4.69) is 37.6 Å². The van der Waals surface area contributed by atoms with E-state index in [1.165, 1.54) is 51.3 Å². The standard InChI is InChI=1S/C45H59FN10O6S.CH5N/c1-30(2)62-44-40(55(47-4)29-48-42(44)33-26-49-50-27-33)17-13-31(3)36-16-15-35(25-38(36)46)63(60,61)52(7)21-10-22-54-23-19-32(20-24-54)37-11-9-12-39-43(37)53(8)45(59)56(39)34(28-57)14-18-41(58)51(5)6;1-2/h9,11-12,15-17,25-32,34H,4,10,13-14,18-24H2,1-3,5-8H3,(H,49,50);2H2,1H3/b40-17+;. The molecule has 6 rings (SSSR count). The van der Waals surface area contributed by atoms with Crippen molar-refractivity contribution in [3.05, 3.63) is 99.3 Å². The largest absolute Gasteiger partial charge is 0.486 e. The number of hydrogen-bond donors (Lipinski definition) is 2. The number of nitrogens with one attached hydrogen (secondary N) is 1. The molecule has 2 aromatic heterocycles. The van der Waals surface area contributed by atoms with Crippen LogP contribution in [-0.4, -0.2) is 133 Å². The zero-order valence-electron chi connectivity index (χ0n) is 38.8. The summed E-state index contributed by atoms with van der Waals surface area (Å²) in [4.78, 5) is 46.1. The first-order valence-corrected chi connectivity index (χ1v) is 23.3. The minimum absolute atomic E-state index is 0.107. The van der Waals surface area contributed by atoms with Crippen molar-refractivity contribution < 1.29 is 27.1 Å². The van der Waals surface area contributed by atoms with E-state index < -0.39 is 21.9 Å². The van der Waals surface area contributed by atoms with Crippen molar-refractivity contribution in [3.63, 3.8) is 0 Å². The Bertz CT molecular complexity index is 2560. The summed E-state index contributed by atoms with van der Waals surface area (Å²) in [6.45, 7) is 11.9. The number of rotatable bonds is 19. The second-order valence-electron chi connectivity index (χ2n) is 16.7. The van der Waals surface area contributed by atoms with E-state index in [1.807, 2.05) is 45.0 Å². The SMILES string of the molecule is C=NN1C=NC(c2cn[nH]c2)=C(OC(C)C)/C1=C\CC(C)c1ccc(S(=O)(=O)N(C)CCCN2CCC(c3cccc4c3n(C)c(=O)n4C(C=O)CCC(=O)N(C)C)CC2)cc1F.CN. The number of carbonyl (C=O) groups excluding carboxylic acids is 2. The predicted octanol–water partition coefficient (Wildman–Crippen LogP) is 5.41. The van der Waals surface area contributed by atoms with Gasteiger partial charge in [0.05, 0.1) is 34.3 Å². The Morgan fingerprint density at radius 2 is 1.86 bits per heavy atom. The molecule has 4 aromatic rings. The number of piperidine rings is 1. The monoisotopic (exact) mass is 917 g/mol. The number of halogens is 1. The lowest BCUT2D eigenvalue weighted by Gasteiger charge is -2.32. The molecule has 1 amide bonds. The molecule has 2 aliphatic heterocycles. The number of allylic oxidation sites excluding steroid dienone is 1. The van der Waals surface area contributed by atoms with Crippen LogP contribution in [0.25, 0.3) is 16.7 Å². The van der Waals surface area contributed by atoms with Crippen molar-refractivity contribution in [1.29, 1.82) is 0 Å².